The third kappa shape index (κ3) is 5.53. The lowest BCUT2D eigenvalue weighted by molar-refractivity contribution is -0.113. The highest BCUT2D eigenvalue weighted by atomic mass is 35.5. The molecule has 0 spiro atoms. The summed E-state index contributed by atoms with van der Waals surface area (Å²) >= 11 is 7.40. The van der Waals surface area contributed by atoms with Crippen molar-refractivity contribution in [1.82, 2.24) is 14.8 Å². The Bertz CT molecular complexity index is 663. The summed E-state index contributed by atoms with van der Waals surface area (Å²) in [6, 6.07) is 5.45. The second-order valence-corrected chi connectivity index (χ2v) is 6.30. The zero-order valence-electron chi connectivity index (χ0n) is 13.1. The number of aryl methyl sites for hydroxylation is 2. The van der Waals surface area contributed by atoms with Crippen molar-refractivity contribution in [2.75, 3.05) is 24.8 Å². The molecule has 0 aliphatic rings. The Labute approximate surface area is 144 Å². The van der Waals surface area contributed by atoms with E-state index in [1.165, 1.54) is 11.8 Å². The molecule has 0 bridgehead atoms. The van der Waals surface area contributed by atoms with Crippen LogP contribution in [0.1, 0.15) is 12.0 Å². The molecule has 1 aromatic carbocycles. The number of aromatic nitrogens is 3. The van der Waals surface area contributed by atoms with Crippen LogP contribution in [0.15, 0.2) is 29.7 Å². The minimum Gasteiger partial charge on any atom is -0.385 e. The van der Waals surface area contributed by atoms with Crippen LogP contribution in [0.3, 0.4) is 0 Å². The van der Waals surface area contributed by atoms with Crippen molar-refractivity contribution < 1.29 is 9.53 Å². The van der Waals surface area contributed by atoms with E-state index in [0.717, 1.165) is 23.7 Å². The summed E-state index contributed by atoms with van der Waals surface area (Å²) in [5.74, 6) is 0.149. The fourth-order valence-electron chi connectivity index (χ4n) is 1.89. The van der Waals surface area contributed by atoms with Gasteiger partial charge in [0.15, 0.2) is 5.16 Å². The van der Waals surface area contributed by atoms with Crippen molar-refractivity contribution in [2.45, 2.75) is 25.0 Å². The molecule has 0 unspecified atom stereocenters. The number of thioether (sulfide) groups is 1. The lowest BCUT2D eigenvalue weighted by Gasteiger charge is -2.08. The zero-order valence-corrected chi connectivity index (χ0v) is 14.7. The first-order valence-corrected chi connectivity index (χ1v) is 8.52. The predicted octanol–water partition coefficient (Wildman–Crippen LogP) is 3.01. The number of hydrogen-bond donors (Lipinski definition) is 1. The number of anilines is 1. The standard InChI is InChI=1S/C15H19ClN4O2S/c1-11-4-5-12(8-13(11)16)18-14(21)9-23-15-19-17-10-20(15)6-3-7-22-2/h4-5,8,10H,3,6-7,9H2,1-2H3,(H,18,21). The molecule has 0 saturated heterocycles. The molecular weight excluding hydrogens is 336 g/mol. The van der Waals surface area contributed by atoms with E-state index in [1.807, 2.05) is 23.6 Å². The third-order valence-electron chi connectivity index (χ3n) is 3.12. The van der Waals surface area contributed by atoms with Crippen LogP contribution in [-0.2, 0) is 16.1 Å². The Morgan fingerprint density at radius 2 is 2.30 bits per heavy atom. The number of carbonyl (C=O) groups is 1. The summed E-state index contributed by atoms with van der Waals surface area (Å²) in [5, 5.41) is 12.1. The lowest BCUT2D eigenvalue weighted by atomic mass is 10.2. The van der Waals surface area contributed by atoms with E-state index in [1.54, 1.807) is 19.5 Å². The van der Waals surface area contributed by atoms with Crippen molar-refractivity contribution >= 4 is 35.0 Å². The van der Waals surface area contributed by atoms with Gasteiger partial charge in [0.1, 0.15) is 6.33 Å². The molecule has 1 aromatic heterocycles. The number of hydrogen-bond acceptors (Lipinski definition) is 5. The van der Waals surface area contributed by atoms with Gasteiger partial charge in [0.25, 0.3) is 0 Å². The number of amides is 1. The normalized spacial score (nSPS) is 10.7. The van der Waals surface area contributed by atoms with Crippen molar-refractivity contribution in [3.8, 4) is 0 Å². The van der Waals surface area contributed by atoms with E-state index in [9.17, 15) is 4.79 Å². The van der Waals surface area contributed by atoms with E-state index >= 15 is 0 Å². The maximum Gasteiger partial charge on any atom is 0.234 e. The van der Waals surface area contributed by atoms with Gasteiger partial charge in [0.2, 0.25) is 5.91 Å². The van der Waals surface area contributed by atoms with E-state index in [-0.39, 0.29) is 11.7 Å². The summed E-state index contributed by atoms with van der Waals surface area (Å²) in [7, 11) is 1.67. The maximum atomic E-state index is 12.0. The number of nitrogens with one attached hydrogen (secondary N) is 1. The second kappa shape index (κ2) is 8.90. The van der Waals surface area contributed by atoms with E-state index in [4.69, 9.17) is 16.3 Å². The van der Waals surface area contributed by atoms with Gasteiger partial charge >= 0.3 is 0 Å². The highest BCUT2D eigenvalue weighted by molar-refractivity contribution is 7.99. The highest BCUT2D eigenvalue weighted by Crippen LogP contribution is 2.21. The summed E-state index contributed by atoms with van der Waals surface area (Å²) in [6.07, 6.45) is 2.53. The molecule has 8 heteroatoms. The van der Waals surface area contributed by atoms with Gasteiger partial charge in [-0.25, -0.2) is 0 Å². The van der Waals surface area contributed by atoms with Gasteiger partial charge in [0.05, 0.1) is 5.75 Å². The molecule has 1 N–H and O–H groups in total. The fourth-order valence-corrected chi connectivity index (χ4v) is 2.81. The molecule has 2 rings (SSSR count). The van der Waals surface area contributed by atoms with E-state index in [2.05, 4.69) is 15.5 Å². The smallest absolute Gasteiger partial charge is 0.234 e. The average molecular weight is 355 g/mol. The van der Waals surface area contributed by atoms with E-state index < -0.39 is 0 Å². The topological polar surface area (TPSA) is 69.0 Å². The molecule has 0 aliphatic carbocycles. The summed E-state index contributed by atoms with van der Waals surface area (Å²) < 4.78 is 6.94. The predicted molar refractivity (Wildman–Crippen MR) is 92.1 cm³/mol. The van der Waals surface area contributed by atoms with Crippen molar-refractivity contribution in [3.63, 3.8) is 0 Å². The number of halogens is 1. The first-order valence-electron chi connectivity index (χ1n) is 7.15. The molecule has 124 valence electrons. The van der Waals surface area contributed by atoms with Gasteiger partial charge in [-0.15, -0.1) is 10.2 Å². The molecule has 23 heavy (non-hydrogen) atoms. The maximum absolute atomic E-state index is 12.0. The summed E-state index contributed by atoms with van der Waals surface area (Å²) in [5.41, 5.74) is 1.66. The first kappa shape index (κ1) is 17.8. The van der Waals surface area contributed by atoms with Gasteiger partial charge in [-0.05, 0) is 31.0 Å². The second-order valence-electron chi connectivity index (χ2n) is 4.95. The number of carbonyl (C=O) groups excluding carboxylic acids is 1. The summed E-state index contributed by atoms with van der Waals surface area (Å²) in [6.45, 7) is 3.36. The van der Waals surface area contributed by atoms with Crippen molar-refractivity contribution in [3.05, 3.63) is 35.1 Å². The van der Waals surface area contributed by atoms with Gasteiger partial charge in [-0.3, -0.25) is 4.79 Å². The molecule has 0 atom stereocenters. The van der Waals surface area contributed by atoms with Gasteiger partial charge in [-0.2, -0.15) is 0 Å². The Morgan fingerprint density at radius 3 is 3.04 bits per heavy atom. The Hall–Kier alpha value is -1.57. The Kier molecular flexibility index (Phi) is 6.88. The molecule has 1 heterocycles. The minimum atomic E-state index is -0.110. The van der Waals surface area contributed by atoms with Gasteiger partial charge in [-0.1, -0.05) is 29.4 Å². The lowest BCUT2D eigenvalue weighted by Crippen LogP contribution is -2.14. The quantitative estimate of drug-likeness (QED) is 0.583. The monoisotopic (exact) mass is 354 g/mol. The molecule has 6 nitrogen and oxygen atoms in total. The Morgan fingerprint density at radius 1 is 1.48 bits per heavy atom. The highest BCUT2D eigenvalue weighted by Gasteiger charge is 2.09. The largest absolute Gasteiger partial charge is 0.385 e. The van der Waals surface area contributed by atoms with Crippen LogP contribution in [0, 0.1) is 6.92 Å². The number of methoxy groups -OCH3 is 1. The molecule has 2 aromatic rings. The SMILES string of the molecule is COCCCn1cnnc1SCC(=O)Nc1ccc(C)c(Cl)c1. The van der Waals surface area contributed by atoms with Crippen molar-refractivity contribution in [2.24, 2.45) is 0 Å². The molecule has 0 aliphatic heterocycles. The molecule has 0 fully saturated rings. The molecular formula is C15H19ClN4O2S. The zero-order chi connectivity index (χ0) is 16.7. The molecule has 0 saturated carbocycles. The average Bonchev–Trinajstić information content (AvgIpc) is 2.97. The first-order chi connectivity index (χ1) is 11.1. The van der Waals surface area contributed by atoms with Gasteiger partial charge < -0.3 is 14.6 Å². The number of ether oxygens (including phenoxy) is 1. The van der Waals surface area contributed by atoms with Crippen LogP contribution >= 0.6 is 23.4 Å². The summed E-state index contributed by atoms with van der Waals surface area (Å²) in [4.78, 5) is 12.0. The number of benzene rings is 1. The molecule has 0 radical (unpaired) electrons. The molecule has 1 amide bonds. The minimum absolute atomic E-state index is 0.110. The van der Waals surface area contributed by atoms with Crippen LogP contribution in [-0.4, -0.2) is 40.1 Å². The van der Waals surface area contributed by atoms with Crippen LogP contribution in [0.5, 0.6) is 0 Å². The van der Waals surface area contributed by atoms with Crippen molar-refractivity contribution in [1.29, 1.82) is 0 Å². The van der Waals surface area contributed by atoms with Crippen LogP contribution in [0.2, 0.25) is 5.02 Å². The Balaban J connectivity index is 1.84. The fraction of sp³-hybridized carbons (Fsp3) is 0.400. The third-order valence-corrected chi connectivity index (χ3v) is 4.50. The van der Waals surface area contributed by atoms with E-state index in [0.29, 0.717) is 17.3 Å². The number of rotatable bonds is 8. The van der Waals surface area contributed by atoms with Crippen LogP contribution < -0.4 is 5.32 Å². The number of nitrogens with zero attached hydrogens (tertiary/aromatic N) is 3. The van der Waals surface area contributed by atoms with Gasteiger partial charge in [0, 0.05) is 31.0 Å². The van der Waals surface area contributed by atoms with Crippen LogP contribution in [0.25, 0.3) is 0 Å². The van der Waals surface area contributed by atoms with Crippen LogP contribution in [0.4, 0.5) is 5.69 Å².